The van der Waals surface area contributed by atoms with Crippen molar-refractivity contribution in [1.82, 2.24) is 10.2 Å². The van der Waals surface area contributed by atoms with Gasteiger partial charge in [-0.05, 0) is 18.9 Å². The largest absolute Gasteiger partial charge is 0.391 e. The molecule has 0 radical (unpaired) electrons. The van der Waals surface area contributed by atoms with E-state index in [0.29, 0.717) is 13.1 Å². The molecule has 2 N–H and O–H groups in total. The first kappa shape index (κ1) is 12.9. The standard InChI is InChI=1S/C14H21N3O/c1-2-15-14(17-9-8-13(18)11-17)16-10-12-6-4-3-5-7-12/h3-7,13,18H,2,8-11H2,1H3,(H,15,16)/t13-/m1/s1. The number of nitrogens with zero attached hydrogens (tertiary/aromatic N) is 2. The van der Waals surface area contributed by atoms with Crippen LogP contribution in [0.1, 0.15) is 18.9 Å². The smallest absolute Gasteiger partial charge is 0.194 e. The van der Waals surface area contributed by atoms with E-state index in [2.05, 4.69) is 34.3 Å². The zero-order valence-corrected chi connectivity index (χ0v) is 10.8. The van der Waals surface area contributed by atoms with Crippen LogP contribution in [0.4, 0.5) is 0 Å². The molecule has 1 aromatic carbocycles. The number of hydrogen-bond donors (Lipinski definition) is 2. The third-order valence-electron chi connectivity index (χ3n) is 3.05. The van der Waals surface area contributed by atoms with Crippen LogP contribution in [0.2, 0.25) is 0 Å². The number of aliphatic imine (C=N–C) groups is 1. The van der Waals surface area contributed by atoms with Gasteiger partial charge in [0.1, 0.15) is 0 Å². The first-order valence-corrected chi connectivity index (χ1v) is 6.55. The topological polar surface area (TPSA) is 47.9 Å². The van der Waals surface area contributed by atoms with E-state index in [1.165, 1.54) is 5.56 Å². The molecule has 0 unspecified atom stereocenters. The lowest BCUT2D eigenvalue weighted by Gasteiger charge is -2.20. The van der Waals surface area contributed by atoms with Crippen molar-refractivity contribution >= 4 is 5.96 Å². The van der Waals surface area contributed by atoms with Crippen LogP contribution in [0, 0.1) is 0 Å². The molecule has 18 heavy (non-hydrogen) atoms. The Bertz CT molecular complexity index is 391. The molecule has 1 aromatic rings. The molecular weight excluding hydrogens is 226 g/mol. The number of β-amino-alcohol motifs (C(OH)–C–C–N with tert-alkyl or cyclic N) is 1. The molecule has 4 heteroatoms. The van der Waals surface area contributed by atoms with Gasteiger partial charge in [0.25, 0.3) is 0 Å². The fraction of sp³-hybridized carbons (Fsp3) is 0.500. The highest BCUT2D eigenvalue weighted by molar-refractivity contribution is 5.80. The third-order valence-corrected chi connectivity index (χ3v) is 3.05. The van der Waals surface area contributed by atoms with Crippen LogP contribution in [0.15, 0.2) is 35.3 Å². The Balaban J connectivity index is 2.00. The molecule has 0 saturated carbocycles. The van der Waals surface area contributed by atoms with Crippen LogP contribution in [0.25, 0.3) is 0 Å². The van der Waals surface area contributed by atoms with E-state index in [0.717, 1.165) is 25.5 Å². The van der Waals surface area contributed by atoms with Gasteiger partial charge in [-0.15, -0.1) is 0 Å². The summed E-state index contributed by atoms with van der Waals surface area (Å²) in [5, 5.41) is 12.9. The predicted octanol–water partition coefficient (Wildman–Crippen LogP) is 1.22. The summed E-state index contributed by atoms with van der Waals surface area (Å²) in [5.74, 6) is 0.901. The Labute approximate surface area is 108 Å². The number of benzene rings is 1. The number of guanidine groups is 1. The second-order valence-electron chi connectivity index (χ2n) is 4.54. The Kier molecular flexibility index (Phi) is 4.59. The lowest BCUT2D eigenvalue weighted by molar-refractivity contribution is 0.188. The van der Waals surface area contributed by atoms with E-state index < -0.39 is 0 Å². The highest BCUT2D eigenvalue weighted by Gasteiger charge is 2.22. The monoisotopic (exact) mass is 247 g/mol. The number of aliphatic hydroxyl groups is 1. The first-order chi connectivity index (χ1) is 8.79. The molecule has 1 atom stereocenters. The van der Waals surface area contributed by atoms with E-state index in [9.17, 15) is 5.11 Å². The Hall–Kier alpha value is -1.55. The molecule has 1 saturated heterocycles. The van der Waals surface area contributed by atoms with E-state index in [1.54, 1.807) is 0 Å². The maximum Gasteiger partial charge on any atom is 0.194 e. The summed E-state index contributed by atoms with van der Waals surface area (Å²) in [7, 11) is 0. The molecule has 0 aliphatic carbocycles. The van der Waals surface area contributed by atoms with Gasteiger partial charge in [0.15, 0.2) is 5.96 Å². The average molecular weight is 247 g/mol. The van der Waals surface area contributed by atoms with Gasteiger partial charge in [-0.1, -0.05) is 30.3 Å². The van der Waals surface area contributed by atoms with Crippen molar-refractivity contribution in [2.75, 3.05) is 19.6 Å². The molecule has 98 valence electrons. The van der Waals surface area contributed by atoms with Crippen molar-refractivity contribution in [3.8, 4) is 0 Å². The first-order valence-electron chi connectivity index (χ1n) is 6.55. The van der Waals surface area contributed by atoms with Crippen molar-refractivity contribution < 1.29 is 5.11 Å². The molecule has 1 aliphatic heterocycles. The fourth-order valence-corrected chi connectivity index (χ4v) is 2.11. The highest BCUT2D eigenvalue weighted by Crippen LogP contribution is 2.09. The predicted molar refractivity (Wildman–Crippen MR) is 73.5 cm³/mol. The van der Waals surface area contributed by atoms with Crippen LogP contribution in [0.5, 0.6) is 0 Å². The molecular formula is C14H21N3O. The maximum absolute atomic E-state index is 9.58. The summed E-state index contributed by atoms with van der Waals surface area (Å²) >= 11 is 0. The summed E-state index contributed by atoms with van der Waals surface area (Å²) in [5.41, 5.74) is 1.20. The van der Waals surface area contributed by atoms with Gasteiger partial charge in [-0.2, -0.15) is 0 Å². The van der Waals surface area contributed by atoms with Crippen LogP contribution >= 0.6 is 0 Å². The van der Waals surface area contributed by atoms with Gasteiger partial charge in [0.2, 0.25) is 0 Å². The SMILES string of the molecule is CCNC(=NCc1ccccc1)N1CC[C@@H](O)C1. The van der Waals surface area contributed by atoms with Gasteiger partial charge in [0.05, 0.1) is 12.6 Å². The zero-order chi connectivity index (χ0) is 12.8. The van der Waals surface area contributed by atoms with E-state index in [1.807, 2.05) is 18.2 Å². The Morgan fingerprint density at radius 3 is 2.83 bits per heavy atom. The summed E-state index contributed by atoms with van der Waals surface area (Å²) in [6.45, 7) is 5.14. The van der Waals surface area contributed by atoms with Gasteiger partial charge in [-0.25, -0.2) is 4.99 Å². The molecule has 1 heterocycles. The van der Waals surface area contributed by atoms with Gasteiger partial charge in [-0.3, -0.25) is 0 Å². The van der Waals surface area contributed by atoms with Crippen molar-refractivity contribution in [3.05, 3.63) is 35.9 Å². The third kappa shape index (κ3) is 3.47. The summed E-state index contributed by atoms with van der Waals surface area (Å²) in [4.78, 5) is 6.74. The van der Waals surface area contributed by atoms with E-state index in [-0.39, 0.29) is 6.10 Å². The zero-order valence-electron chi connectivity index (χ0n) is 10.8. The van der Waals surface area contributed by atoms with Gasteiger partial charge < -0.3 is 15.3 Å². The second kappa shape index (κ2) is 6.40. The lowest BCUT2D eigenvalue weighted by Crippen LogP contribution is -2.40. The highest BCUT2D eigenvalue weighted by atomic mass is 16.3. The van der Waals surface area contributed by atoms with Gasteiger partial charge in [0, 0.05) is 19.6 Å². The number of aliphatic hydroxyl groups excluding tert-OH is 1. The maximum atomic E-state index is 9.58. The fourth-order valence-electron chi connectivity index (χ4n) is 2.11. The minimum atomic E-state index is -0.217. The number of likely N-dealkylation sites (tertiary alicyclic amines) is 1. The van der Waals surface area contributed by atoms with Crippen LogP contribution in [-0.4, -0.2) is 41.7 Å². The minimum Gasteiger partial charge on any atom is -0.391 e. The summed E-state index contributed by atoms with van der Waals surface area (Å²) < 4.78 is 0. The quantitative estimate of drug-likeness (QED) is 0.623. The lowest BCUT2D eigenvalue weighted by atomic mass is 10.2. The van der Waals surface area contributed by atoms with Crippen molar-refractivity contribution in [3.63, 3.8) is 0 Å². The van der Waals surface area contributed by atoms with Crippen molar-refractivity contribution in [2.24, 2.45) is 4.99 Å². The Morgan fingerprint density at radius 1 is 1.44 bits per heavy atom. The molecule has 0 bridgehead atoms. The number of nitrogens with one attached hydrogen (secondary N) is 1. The van der Waals surface area contributed by atoms with Crippen LogP contribution < -0.4 is 5.32 Å². The number of hydrogen-bond acceptors (Lipinski definition) is 2. The second-order valence-corrected chi connectivity index (χ2v) is 4.54. The molecule has 2 rings (SSSR count). The Morgan fingerprint density at radius 2 is 2.22 bits per heavy atom. The molecule has 0 spiro atoms. The molecule has 0 amide bonds. The van der Waals surface area contributed by atoms with Crippen molar-refractivity contribution in [1.29, 1.82) is 0 Å². The van der Waals surface area contributed by atoms with Gasteiger partial charge >= 0.3 is 0 Å². The normalized spacial score (nSPS) is 20.2. The number of rotatable bonds is 3. The minimum absolute atomic E-state index is 0.217. The molecule has 1 aliphatic rings. The van der Waals surface area contributed by atoms with Crippen LogP contribution in [0.3, 0.4) is 0 Å². The van der Waals surface area contributed by atoms with E-state index >= 15 is 0 Å². The molecule has 1 fully saturated rings. The average Bonchev–Trinajstić information content (AvgIpc) is 2.82. The van der Waals surface area contributed by atoms with Crippen LogP contribution in [-0.2, 0) is 6.54 Å². The molecule has 4 nitrogen and oxygen atoms in total. The summed E-state index contributed by atoms with van der Waals surface area (Å²) in [6, 6.07) is 10.2. The molecule has 0 aromatic heterocycles. The summed E-state index contributed by atoms with van der Waals surface area (Å²) in [6.07, 6.45) is 0.612. The van der Waals surface area contributed by atoms with E-state index in [4.69, 9.17) is 0 Å². The van der Waals surface area contributed by atoms with Crippen molar-refractivity contribution in [2.45, 2.75) is 26.0 Å².